The van der Waals surface area contributed by atoms with Crippen molar-refractivity contribution in [1.82, 2.24) is 4.98 Å². The van der Waals surface area contributed by atoms with Gasteiger partial charge in [-0.1, -0.05) is 6.07 Å². The minimum atomic E-state index is -4.39. The van der Waals surface area contributed by atoms with Gasteiger partial charge in [0, 0.05) is 18.9 Å². The van der Waals surface area contributed by atoms with Crippen LogP contribution in [0.1, 0.15) is 15.9 Å². The summed E-state index contributed by atoms with van der Waals surface area (Å²) in [6.07, 6.45) is 3.19. The topological polar surface area (TPSA) is 133 Å². The molecule has 10 nitrogen and oxygen atoms in total. The monoisotopic (exact) mass is 488 g/mol. The SMILES string of the molecule is COc1ccc(S(=O)(=O)c2c(OC)c(OC)c(OC)c(NCc3cccnc3)c2C(=O)O)cc1. The van der Waals surface area contributed by atoms with Crippen LogP contribution in [0, 0.1) is 0 Å². The zero-order chi connectivity index (χ0) is 24.9. The van der Waals surface area contributed by atoms with Crippen molar-refractivity contribution in [3.63, 3.8) is 0 Å². The van der Waals surface area contributed by atoms with Gasteiger partial charge in [0.25, 0.3) is 0 Å². The summed E-state index contributed by atoms with van der Waals surface area (Å²) in [5.74, 6) is -1.44. The van der Waals surface area contributed by atoms with E-state index < -0.39 is 26.3 Å². The van der Waals surface area contributed by atoms with Crippen LogP contribution in [0.25, 0.3) is 0 Å². The first-order chi connectivity index (χ1) is 16.3. The number of carboxylic acids is 1. The van der Waals surface area contributed by atoms with E-state index in [1.54, 1.807) is 24.5 Å². The molecular weight excluding hydrogens is 464 g/mol. The lowest BCUT2D eigenvalue weighted by Crippen LogP contribution is -2.17. The average Bonchev–Trinajstić information content (AvgIpc) is 2.86. The summed E-state index contributed by atoms with van der Waals surface area (Å²) in [7, 11) is 0.891. The van der Waals surface area contributed by atoms with E-state index in [0.29, 0.717) is 5.75 Å². The van der Waals surface area contributed by atoms with Gasteiger partial charge < -0.3 is 29.4 Å². The second-order valence-electron chi connectivity index (χ2n) is 6.88. The van der Waals surface area contributed by atoms with Gasteiger partial charge in [-0.3, -0.25) is 4.98 Å². The first kappa shape index (κ1) is 24.6. The summed E-state index contributed by atoms with van der Waals surface area (Å²) in [5.41, 5.74) is 0.105. The number of nitrogens with zero attached hydrogens (tertiary/aromatic N) is 1. The predicted molar refractivity (Wildman–Crippen MR) is 123 cm³/mol. The number of aromatic carboxylic acids is 1. The van der Waals surface area contributed by atoms with E-state index in [4.69, 9.17) is 18.9 Å². The Labute approximate surface area is 197 Å². The highest BCUT2D eigenvalue weighted by Crippen LogP contribution is 2.51. The smallest absolute Gasteiger partial charge is 0.339 e. The number of ether oxygens (including phenoxy) is 4. The molecule has 0 saturated carbocycles. The molecule has 0 saturated heterocycles. The van der Waals surface area contributed by atoms with E-state index in [1.807, 2.05) is 0 Å². The number of rotatable bonds is 10. The van der Waals surface area contributed by atoms with E-state index in [9.17, 15) is 18.3 Å². The van der Waals surface area contributed by atoms with Crippen molar-refractivity contribution in [2.45, 2.75) is 16.3 Å². The molecule has 0 atom stereocenters. The third-order valence-corrected chi connectivity index (χ3v) is 6.80. The van der Waals surface area contributed by atoms with Crippen molar-refractivity contribution in [3.8, 4) is 23.0 Å². The highest BCUT2D eigenvalue weighted by molar-refractivity contribution is 7.91. The first-order valence-electron chi connectivity index (χ1n) is 9.91. The predicted octanol–water partition coefficient (Wildman–Crippen LogP) is 3.26. The van der Waals surface area contributed by atoms with Crippen molar-refractivity contribution < 1.29 is 37.3 Å². The minimum absolute atomic E-state index is 0.0191. The van der Waals surface area contributed by atoms with Gasteiger partial charge >= 0.3 is 5.97 Å². The third kappa shape index (κ3) is 4.55. The molecule has 0 fully saturated rings. The Balaban J connectivity index is 2.33. The van der Waals surface area contributed by atoms with Crippen LogP contribution in [0.4, 0.5) is 5.69 Å². The van der Waals surface area contributed by atoms with Crippen LogP contribution in [0.15, 0.2) is 58.6 Å². The Morgan fingerprint density at radius 2 is 1.59 bits per heavy atom. The second kappa shape index (κ2) is 10.3. The number of aromatic nitrogens is 1. The number of sulfone groups is 1. The molecule has 0 amide bonds. The number of carboxylic acid groups (broad SMARTS) is 1. The molecule has 0 aliphatic rings. The van der Waals surface area contributed by atoms with Gasteiger partial charge in [0.15, 0.2) is 11.5 Å². The normalized spacial score (nSPS) is 10.9. The van der Waals surface area contributed by atoms with Crippen LogP contribution in [-0.4, -0.2) is 52.9 Å². The molecule has 0 aliphatic carbocycles. The molecule has 0 unspecified atom stereocenters. The van der Waals surface area contributed by atoms with E-state index in [0.717, 1.165) is 5.56 Å². The standard InChI is InChI=1S/C23H24N2O8S/c1-30-15-7-9-16(10-8-15)34(28,29)22-17(23(26)27)18(25-13-14-6-5-11-24-12-14)19(31-2)20(32-3)21(22)33-4/h5-12,25H,13H2,1-4H3,(H,26,27). The molecule has 34 heavy (non-hydrogen) atoms. The fourth-order valence-electron chi connectivity index (χ4n) is 3.42. The molecule has 11 heteroatoms. The van der Waals surface area contributed by atoms with Gasteiger partial charge in [-0.15, -0.1) is 0 Å². The maximum absolute atomic E-state index is 13.7. The molecule has 3 rings (SSSR count). The number of carbonyl (C=O) groups is 1. The molecule has 1 aromatic heterocycles. The van der Waals surface area contributed by atoms with Crippen molar-refractivity contribution >= 4 is 21.5 Å². The Morgan fingerprint density at radius 3 is 2.09 bits per heavy atom. The molecule has 0 spiro atoms. The maximum atomic E-state index is 13.7. The number of anilines is 1. The summed E-state index contributed by atoms with van der Waals surface area (Å²) < 4.78 is 48.7. The molecule has 180 valence electrons. The Morgan fingerprint density at radius 1 is 0.941 bits per heavy atom. The summed E-state index contributed by atoms with van der Waals surface area (Å²) in [6.45, 7) is 0.141. The van der Waals surface area contributed by atoms with E-state index in [2.05, 4.69) is 10.3 Å². The highest BCUT2D eigenvalue weighted by atomic mass is 32.2. The zero-order valence-corrected chi connectivity index (χ0v) is 19.8. The second-order valence-corrected chi connectivity index (χ2v) is 8.76. The fourth-order valence-corrected chi connectivity index (χ4v) is 5.03. The number of hydrogen-bond donors (Lipinski definition) is 2. The lowest BCUT2D eigenvalue weighted by atomic mass is 10.1. The van der Waals surface area contributed by atoms with Gasteiger partial charge in [0.2, 0.25) is 15.6 Å². The van der Waals surface area contributed by atoms with E-state index >= 15 is 0 Å². The minimum Gasteiger partial charge on any atom is -0.497 e. The lowest BCUT2D eigenvalue weighted by molar-refractivity contribution is 0.0692. The Hall–Kier alpha value is -3.99. The molecule has 0 aliphatic heterocycles. The zero-order valence-electron chi connectivity index (χ0n) is 19.0. The largest absolute Gasteiger partial charge is 0.497 e. The van der Waals surface area contributed by atoms with Gasteiger partial charge in [-0.05, 0) is 35.9 Å². The van der Waals surface area contributed by atoms with Crippen molar-refractivity contribution in [2.24, 2.45) is 0 Å². The molecule has 2 aromatic carbocycles. The average molecular weight is 489 g/mol. The number of hydrogen-bond acceptors (Lipinski definition) is 9. The van der Waals surface area contributed by atoms with Crippen LogP contribution >= 0.6 is 0 Å². The summed E-state index contributed by atoms with van der Waals surface area (Å²) in [4.78, 5) is 15.8. The van der Waals surface area contributed by atoms with Crippen molar-refractivity contribution in [1.29, 1.82) is 0 Å². The third-order valence-electron chi connectivity index (χ3n) is 4.98. The van der Waals surface area contributed by atoms with Crippen LogP contribution in [0.3, 0.4) is 0 Å². The molecule has 0 radical (unpaired) electrons. The summed E-state index contributed by atoms with van der Waals surface area (Å²) in [5, 5.41) is 13.1. The van der Waals surface area contributed by atoms with Gasteiger partial charge in [0.1, 0.15) is 16.2 Å². The fraction of sp³-hybridized carbons (Fsp3) is 0.217. The number of methoxy groups -OCH3 is 4. The molecule has 2 N–H and O–H groups in total. The Bertz CT molecular complexity index is 1280. The quantitative estimate of drug-likeness (QED) is 0.438. The van der Waals surface area contributed by atoms with Gasteiger partial charge in [0.05, 0.1) is 39.0 Å². The lowest BCUT2D eigenvalue weighted by Gasteiger charge is -2.23. The van der Waals surface area contributed by atoms with Gasteiger partial charge in [-0.25, -0.2) is 13.2 Å². The van der Waals surface area contributed by atoms with Crippen LogP contribution in [0.2, 0.25) is 0 Å². The maximum Gasteiger partial charge on any atom is 0.339 e. The molecular formula is C23H24N2O8S. The summed E-state index contributed by atoms with van der Waals surface area (Å²) in [6, 6.07) is 9.06. The Kier molecular flexibility index (Phi) is 7.47. The number of nitrogens with one attached hydrogen (secondary N) is 1. The van der Waals surface area contributed by atoms with Crippen molar-refractivity contribution in [3.05, 3.63) is 59.9 Å². The van der Waals surface area contributed by atoms with Crippen LogP contribution in [-0.2, 0) is 16.4 Å². The van der Waals surface area contributed by atoms with E-state index in [1.165, 1.54) is 52.7 Å². The summed E-state index contributed by atoms with van der Waals surface area (Å²) >= 11 is 0. The molecule has 0 bridgehead atoms. The number of pyridine rings is 1. The molecule has 1 heterocycles. The van der Waals surface area contributed by atoms with Gasteiger partial charge in [-0.2, -0.15) is 0 Å². The number of benzene rings is 2. The van der Waals surface area contributed by atoms with Crippen LogP contribution < -0.4 is 24.3 Å². The highest BCUT2D eigenvalue weighted by Gasteiger charge is 2.37. The molecule has 3 aromatic rings. The van der Waals surface area contributed by atoms with Crippen LogP contribution in [0.5, 0.6) is 23.0 Å². The van der Waals surface area contributed by atoms with E-state index in [-0.39, 0.29) is 34.4 Å². The first-order valence-corrected chi connectivity index (χ1v) is 11.4. The van der Waals surface area contributed by atoms with Crippen molar-refractivity contribution in [2.75, 3.05) is 33.8 Å².